The van der Waals surface area contributed by atoms with Crippen molar-refractivity contribution in [3.05, 3.63) is 57.3 Å². The molecule has 0 aromatic heterocycles. The molecule has 2 aromatic carbocycles. The molecule has 0 atom stereocenters. The number of carbonyl (C=O) groups is 1. The zero-order valence-corrected chi connectivity index (χ0v) is 13.2. The lowest BCUT2D eigenvalue weighted by Crippen LogP contribution is -2.19. The first-order chi connectivity index (χ1) is 9.93. The third-order valence-electron chi connectivity index (χ3n) is 3.14. The molecule has 2 aromatic rings. The molecule has 0 aliphatic carbocycles. The first-order valence-corrected chi connectivity index (χ1v) is 7.06. The molecule has 4 N–H and O–H groups in total. The van der Waals surface area contributed by atoms with E-state index in [1.807, 2.05) is 26.0 Å². The van der Waals surface area contributed by atoms with Gasteiger partial charge in [0.2, 0.25) is 0 Å². The zero-order chi connectivity index (χ0) is 15.6. The van der Waals surface area contributed by atoms with Gasteiger partial charge in [-0.25, -0.2) is 4.39 Å². The van der Waals surface area contributed by atoms with Crippen LogP contribution in [0.15, 0.2) is 34.8 Å². The van der Waals surface area contributed by atoms with E-state index in [-0.39, 0.29) is 11.3 Å². The second-order valence-electron chi connectivity index (χ2n) is 4.68. The molecule has 2 rings (SSSR count). The quantitative estimate of drug-likeness (QED) is 0.582. The van der Waals surface area contributed by atoms with Crippen molar-refractivity contribution in [2.45, 2.75) is 13.8 Å². The average Bonchev–Trinajstić information content (AvgIpc) is 2.42. The predicted octanol–water partition coefficient (Wildman–Crippen LogP) is 3.74. The Morgan fingerprint density at radius 3 is 2.38 bits per heavy atom. The molecule has 0 unspecified atom stereocenters. The van der Waals surface area contributed by atoms with E-state index in [0.717, 1.165) is 15.6 Å². The molecule has 6 heteroatoms. The molecule has 0 spiro atoms. The highest BCUT2D eigenvalue weighted by molar-refractivity contribution is 9.10. The summed E-state index contributed by atoms with van der Waals surface area (Å²) in [5.41, 5.74) is 4.88. The smallest absolute Gasteiger partial charge is 0.257 e. The summed E-state index contributed by atoms with van der Waals surface area (Å²) in [4.78, 5) is 12.4. The Bertz CT molecular complexity index is 680. The van der Waals surface area contributed by atoms with Crippen LogP contribution < -0.4 is 16.6 Å². The van der Waals surface area contributed by atoms with Gasteiger partial charge in [-0.3, -0.25) is 10.6 Å². The molecule has 0 bridgehead atoms. The van der Waals surface area contributed by atoms with E-state index in [2.05, 4.69) is 26.7 Å². The van der Waals surface area contributed by atoms with Crippen molar-refractivity contribution in [1.29, 1.82) is 0 Å². The Morgan fingerprint density at radius 2 is 1.81 bits per heavy atom. The van der Waals surface area contributed by atoms with Gasteiger partial charge in [-0.2, -0.15) is 0 Å². The van der Waals surface area contributed by atoms with E-state index >= 15 is 0 Å². The van der Waals surface area contributed by atoms with Crippen molar-refractivity contribution < 1.29 is 9.18 Å². The summed E-state index contributed by atoms with van der Waals surface area (Å²) in [7, 11) is 0. The topological polar surface area (TPSA) is 67.2 Å². The fourth-order valence-corrected chi connectivity index (χ4v) is 2.84. The van der Waals surface area contributed by atoms with E-state index in [1.54, 1.807) is 0 Å². The molecular weight excluding hydrogens is 337 g/mol. The van der Waals surface area contributed by atoms with Crippen LogP contribution in [0.3, 0.4) is 0 Å². The van der Waals surface area contributed by atoms with E-state index in [9.17, 15) is 9.18 Å². The number of nitrogens with one attached hydrogen (secondary N) is 2. The van der Waals surface area contributed by atoms with E-state index in [4.69, 9.17) is 5.84 Å². The summed E-state index contributed by atoms with van der Waals surface area (Å²) < 4.78 is 14.6. The molecule has 1 amide bonds. The van der Waals surface area contributed by atoms with Crippen molar-refractivity contribution in [3.8, 4) is 0 Å². The van der Waals surface area contributed by atoms with Crippen molar-refractivity contribution in [3.63, 3.8) is 0 Å². The number of hydrazine groups is 1. The lowest BCUT2D eigenvalue weighted by Gasteiger charge is -2.14. The third-order valence-corrected chi connectivity index (χ3v) is 3.60. The second kappa shape index (κ2) is 6.24. The van der Waals surface area contributed by atoms with Gasteiger partial charge in [0.1, 0.15) is 5.82 Å². The van der Waals surface area contributed by atoms with Crippen LogP contribution in [0.4, 0.5) is 15.8 Å². The van der Waals surface area contributed by atoms with Gasteiger partial charge in [-0.1, -0.05) is 22.0 Å². The maximum Gasteiger partial charge on any atom is 0.257 e. The number of aryl methyl sites for hydroxylation is 2. The summed E-state index contributed by atoms with van der Waals surface area (Å²) in [5, 5.41) is 2.80. The van der Waals surface area contributed by atoms with Crippen molar-refractivity contribution >= 4 is 33.2 Å². The molecule has 0 radical (unpaired) electrons. The number of para-hydroxylation sites is 1. The first-order valence-electron chi connectivity index (χ1n) is 6.27. The minimum absolute atomic E-state index is 0.0255. The summed E-state index contributed by atoms with van der Waals surface area (Å²) in [6.07, 6.45) is 0. The van der Waals surface area contributed by atoms with Crippen LogP contribution in [-0.2, 0) is 0 Å². The van der Waals surface area contributed by atoms with Crippen LogP contribution in [0.2, 0.25) is 0 Å². The van der Waals surface area contributed by atoms with Gasteiger partial charge in [-0.05, 0) is 49.2 Å². The summed E-state index contributed by atoms with van der Waals surface area (Å²) in [6, 6.07) is 8.01. The predicted molar refractivity (Wildman–Crippen MR) is 85.8 cm³/mol. The van der Waals surface area contributed by atoms with Crippen molar-refractivity contribution in [1.82, 2.24) is 0 Å². The van der Waals surface area contributed by atoms with Gasteiger partial charge in [0.05, 0.1) is 11.3 Å². The number of rotatable bonds is 3. The van der Waals surface area contributed by atoms with Crippen LogP contribution in [-0.4, -0.2) is 5.91 Å². The highest BCUT2D eigenvalue weighted by atomic mass is 79.9. The Hall–Kier alpha value is -1.92. The average molecular weight is 352 g/mol. The molecule has 0 saturated carbocycles. The SMILES string of the molecule is Cc1cc(Br)cc(C)c1NC(=O)c1cccc(F)c1NN. The Morgan fingerprint density at radius 1 is 1.19 bits per heavy atom. The van der Waals surface area contributed by atoms with Crippen LogP contribution in [0.1, 0.15) is 21.5 Å². The molecular formula is C15H15BrFN3O. The number of nitrogen functional groups attached to an aromatic ring is 1. The summed E-state index contributed by atoms with van der Waals surface area (Å²) in [5.74, 6) is 4.29. The monoisotopic (exact) mass is 351 g/mol. The minimum atomic E-state index is -0.575. The number of halogens is 2. The number of amides is 1. The minimum Gasteiger partial charge on any atom is -0.321 e. The lowest BCUT2D eigenvalue weighted by molar-refractivity contribution is 0.102. The van der Waals surface area contributed by atoms with Gasteiger partial charge in [0.15, 0.2) is 0 Å². The molecule has 4 nitrogen and oxygen atoms in total. The van der Waals surface area contributed by atoms with Crippen LogP contribution >= 0.6 is 15.9 Å². The van der Waals surface area contributed by atoms with Gasteiger partial charge in [-0.15, -0.1) is 0 Å². The fourth-order valence-electron chi connectivity index (χ4n) is 2.15. The molecule has 110 valence electrons. The molecule has 0 aliphatic heterocycles. The molecule has 21 heavy (non-hydrogen) atoms. The second-order valence-corrected chi connectivity index (χ2v) is 5.59. The molecule has 0 saturated heterocycles. The summed E-state index contributed by atoms with van der Waals surface area (Å²) >= 11 is 3.40. The molecule has 0 heterocycles. The number of benzene rings is 2. The number of carbonyl (C=O) groups excluding carboxylic acids is 1. The number of hydrogen-bond donors (Lipinski definition) is 3. The lowest BCUT2D eigenvalue weighted by atomic mass is 10.1. The van der Waals surface area contributed by atoms with Gasteiger partial charge < -0.3 is 10.7 Å². The number of anilines is 2. The Labute approximate surface area is 130 Å². The third kappa shape index (κ3) is 3.22. The van der Waals surface area contributed by atoms with Gasteiger partial charge >= 0.3 is 0 Å². The normalized spacial score (nSPS) is 10.3. The van der Waals surface area contributed by atoms with Crippen molar-refractivity contribution in [2.75, 3.05) is 10.7 Å². The highest BCUT2D eigenvalue weighted by Gasteiger charge is 2.16. The number of nitrogens with two attached hydrogens (primary N) is 1. The standard InChI is InChI=1S/C15H15BrFN3O/c1-8-6-10(16)7-9(2)13(8)19-15(21)11-4-3-5-12(17)14(11)20-18/h3-7,20H,18H2,1-2H3,(H,19,21). The highest BCUT2D eigenvalue weighted by Crippen LogP contribution is 2.27. The summed E-state index contributed by atoms with van der Waals surface area (Å²) in [6.45, 7) is 3.78. The van der Waals surface area contributed by atoms with E-state index in [0.29, 0.717) is 5.69 Å². The maximum atomic E-state index is 13.6. The molecule has 0 aliphatic rings. The van der Waals surface area contributed by atoms with Crippen LogP contribution in [0.25, 0.3) is 0 Å². The Balaban J connectivity index is 2.38. The number of hydrogen-bond acceptors (Lipinski definition) is 3. The van der Waals surface area contributed by atoms with Crippen LogP contribution in [0.5, 0.6) is 0 Å². The van der Waals surface area contributed by atoms with Crippen LogP contribution in [0, 0.1) is 19.7 Å². The van der Waals surface area contributed by atoms with Gasteiger partial charge in [0.25, 0.3) is 5.91 Å². The fraction of sp³-hybridized carbons (Fsp3) is 0.133. The maximum absolute atomic E-state index is 13.6. The zero-order valence-electron chi connectivity index (χ0n) is 11.6. The Kier molecular flexibility index (Phi) is 4.59. The molecule has 0 fully saturated rings. The van der Waals surface area contributed by atoms with E-state index < -0.39 is 11.7 Å². The van der Waals surface area contributed by atoms with Crippen molar-refractivity contribution in [2.24, 2.45) is 5.84 Å². The van der Waals surface area contributed by atoms with Gasteiger partial charge in [0, 0.05) is 10.2 Å². The largest absolute Gasteiger partial charge is 0.321 e. The first kappa shape index (κ1) is 15.5. The van der Waals surface area contributed by atoms with E-state index in [1.165, 1.54) is 18.2 Å².